The molecule has 0 spiro atoms. The van der Waals surface area contributed by atoms with Crippen LogP contribution in [0.5, 0.6) is 0 Å². The number of thiazole rings is 1. The van der Waals surface area contributed by atoms with Gasteiger partial charge in [0.25, 0.3) is 5.91 Å². The van der Waals surface area contributed by atoms with Crippen LogP contribution in [0.2, 0.25) is 0 Å². The molecule has 142 valence electrons. The van der Waals surface area contributed by atoms with E-state index in [9.17, 15) is 4.79 Å². The number of rotatable bonds is 6. The lowest BCUT2D eigenvalue weighted by molar-refractivity contribution is 0.0986. The molecule has 4 aromatic rings. The number of hydrogen-bond donors (Lipinski definition) is 0. The maximum atomic E-state index is 13.4. The Hall–Kier alpha value is -2.76. The molecule has 0 bridgehead atoms. The Labute approximate surface area is 169 Å². The average molecular weight is 390 g/mol. The summed E-state index contributed by atoms with van der Waals surface area (Å²) < 4.78 is 1.10. The van der Waals surface area contributed by atoms with Crippen LogP contribution in [0.4, 0.5) is 5.13 Å². The van der Waals surface area contributed by atoms with E-state index in [1.165, 1.54) is 0 Å². The first kappa shape index (κ1) is 18.6. The lowest BCUT2D eigenvalue weighted by Crippen LogP contribution is -2.33. The minimum atomic E-state index is 0.00330. The van der Waals surface area contributed by atoms with Gasteiger partial charge in [-0.1, -0.05) is 53.8 Å². The zero-order chi connectivity index (χ0) is 19.5. The van der Waals surface area contributed by atoms with Crippen LogP contribution in [0.15, 0.2) is 66.7 Å². The van der Waals surface area contributed by atoms with Crippen molar-refractivity contribution in [2.75, 3.05) is 32.1 Å². The molecule has 0 atom stereocenters. The molecule has 4 rings (SSSR count). The highest BCUT2D eigenvalue weighted by molar-refractivity contribution is 7.22. The maximum Gasteiger partial charge on any atom is 0.260 e. The summed E-state index contributed by atoms with van der Waals surface area (Å²) in [7, 11) is 4.10. The van der Waals surface area contributed by atoms with Gasteiger partial charge in [0, 0.05) is 12.1 Å². The zero-order valence-corrected chi connectivity index (χ0v) is 16.9. The molecule has 0 radical (unpaired) electrons. The maximum absolute atomic E-state index is 13.4. The van der Waals surface area contributed by atoms with Gasteiger partial charge in [-0.05, 0) is 62.1 Å². The fourth-order valence-electron chi connectivity index (χ4n) is 3.28. The van der Waals surface area contributed by atoms with Gasteiger partial charge in [0.15, 0.2) is 5.13 Å². The summed E-state index contributed by atoms with van der Waals surface area (Å²) in [5.41, 5.74) is 1.63. The second-order valence-corrected chi connectivity index (χ2v) is 8.15. The van der Waals surface area contributed by atoms with E-state index in [4.69, 9.17) is 4.98 Å². The second-order valence-electron chi connectivity index (χ2n) is 7.14. The highest BCUT2D eigenvalue weighted by Gasteiger charge is 2.21. The van der Waals surface area contributed by atoms with Crippen molar-refractivity contribution in [1.29, 1.82) is 0 Å². The van der Waals surface area contributed by atoms with Crippen LogP contribution in [0.1, 0.15) is 16.8 Å². The number of amides is 1. The highest BCUT2D eigenvalue weighted by atomic mass is 32.1. The summed E-state index contributed by atoms with van der Waals surface area (Å²) in [6.45, 7) is 1.57. The largest absolute Gasteiger partial charge is 0.309 e. The number of para-hydroxylation sites is 1. The zero-order valence-electron chi connectivity index (χ0n) is 16.1. The highest BCUT2D eigenvalue weighted by Crippen LogP contribution is 2.30. The third-order valence-electron chi connectivity index (χ3n) is 4.74. The first-order chi connectivity index (χ1) is 13.6. The van der Waals surface area contributed by atoms with E-state index >= 15 is 0 Å². The number of carbonyl (C=O) groups is 1. The van der Waals surface area contributed by atoms with E-state index in [1.807, 2.05) is 73.6 Å². The van der Waals surface area contributed by atoms with Crippen LogP contribution < -0.4 is 4.90 Å². The molecule has 0 aliphatic heterocycles. The Kier molecular flexibility index (Phi) is 5.37. The predicted octanol–water partition coefficient (Wildman–Crippen LogP) is 5.05. The van der Waals surface area contributed by atoms with Gasteiger partial charge in [-0.15, -0.1) is 0 Å². The number of nitrogens with zero attached hydrogens (tertiary/aromatic N) is 3. The number of aromatic nitrogens is 1. The lowest BCUT2D eigenvalue weighted by atomic mass is 10.1. The summed E-state index contributed by atoms with van der Waals surface area (Å²) in [4.78, 5) is 22.1. The van der Waals surface area contributed by atoms with E-state index in [0.29, 0.717) is 12.1 Å². The number of anilines is 1. The molecule has 1 heterocycles. The predicted molar refractivity (Wildman–Crippen MR) is 118 cm³/mol. The van der Waals surface area contributed by atoms with Crippen LogP contribution in [-0.4, -0.2) is 43.0 Å². The molecule has 0 N–H and O–H groups in total. The normalized spacial score (nSPS) is 11.4. The fourth-order valence-corrected chi connectivity index (χ4v) is 4.27. The van der Waals surface area contributed by atoms with Gasteiger partial charge in [0.05, 0.1) is 10.2 Å². The molecule has 1 amide bonds. The monoisotopic (exact) mass is 389 g/mol. The van der Waals surface area contributed by atoms with Gasteiger partial charge in [0.1, 0.15) is 0 Å². The molecular weight excluding hydrogens is 366 g/mol. The number of fused-ring (bicyclic) bond motifs is 2. The Morgan fingerprint density at radius 3 is 2.46 bits per heavy atom. The first-order valence-corrected chi connectivity index (χ1v) is 10.2. The quantitative estimate of drug-likeness (QED) is 0.463. The third kappa shape index (κ3) is 3.91. The van der Waals surface area contributed by atoms with E-state index in [1.54, 1.807) is 11.3 Å². The number of hydrogen-bond acceptors (Lipinski definition) is 4. The van der Waals surface area contributed by atoms with Gasteiger partial charge < -0.3 is 4.90 Å². The van der Waals surface area contributed by atoms with Gasteiger partial charge >= 0.3 is 0 Å². The van der Waals surface area contributed by atoms with Gasteiger partial charge in [-0.25, -0.2) is 4.98 Å². The van der Waals surface area contributed by atoms with Crippen molar-refractivity contribution in [1.82, 2.24) is 9.88 Å². The van der Waals surface area contributed by atoms with E-state index in [-0.39, 0.29) is 5.91 Å². The SMILES string of the molecule is CN(C)CCCN(C(=O)c1ccc2ccccc2c1)c1nc2ccccc2s1. The van der Waals surface area contributed by atoms with Crippen molar-refractivity contribution in [3.63, 3.8) is 0 Å². The topological polar surface area (TPSA) is 36.4 Å². The van der Waals surface area contributed by atoms with Crippen LogP contribution in [0.25, 0.3) is 21.0 Å². The molecule has 0 aliphatic carbocycles. The smallest absolute Gasteiger partial charge is 0.260 e. The summed E-state index contributed by atoms with van der Waals surface area (Å²) in [6.07, 6.45) is 0.891. The molecule has 0 fully saturated rings. The lowest BCUT2D eigenvalue weighted by Gasteiger charge is -2.21. The molecule has 0 unspecified atom stereocenters. The van der Waals surface area contributed by atoms with Crippen molar-refractivity contribution < 1.29 is 4.79 Å². The first-order valence-electron chi connectivity index (χ1n) is 9.43. The molecule has 3 aromatic carbocycles. The van der Waals surface area contributed by atoms with Crippen molar-refractivity contribution in [3.05, 3.63) is 72.3 Å². The minimum Gasteiger partial charge on any atom is -0.309 e. The molecule has 1 aromatic heterocycles. The summed E-state index contributed by atoms with van der Waals surface area (Å²) in [5, 5.41) is 2.97. The van der Waals surface area contributed by atoms with Crippen LogP contribution >= 0.6 is 11.3 Å². The number of benzene rings is 3. The molecule has 0 aliphatic rings. The third-order valence-corrected chi connectivity index (χ3v) is 5.80. The molecule has 4 nitrogen and oxygen atoms in total. The average Bonchev–Trinajstić information content (AvgIpc) is 3.14. The van der Waals surface area contributed by atoms with Crippen LogP contribution in [-0.2, 0) is 0 Å². The Bertz CT molecular complexity index is 1090. The molecule has 5 heteroatoms. The molecular formula is C23H23N3OS. The van der Waals surface area contributed by atoms with Crippen molar-refractivity contribution >= 4 is 43.4 Å². The second kappa shape index (κ2) is 8.09. The molecule has 0 saturated heterocycles. The molecule has 0 saturated carbocycles. The Morgan fingerprint density at radius 1 is 0.929 bits per heavy atom. The van der Waals surface area contributed by atoms with Crippen LogP contribution in [0.3, 0.4) is 0 Å². The van der Waals surface area contributed by atoms with Crippen LogP contribution in [0, 0.1) is 0 Å². The fraction of sp³-hybridized carbons (Fsp3) is 0.217. The number of carbonyl (C=O) groups excluding carboxylic acids is 1. The van der Waals surface area contributed by atoms with Gasteiger partial charge in [-0.3, -0.25) is 9.69 Å². The van der Waals surface area contributed by atoms with Crippen molar-refractivity contribution in [3.8, 4) is 0 Å². The standard InChI is InChI=1S/C23H23N3OS/c1-25(2)14-7-15-26(23-24-20-10-5-6-11-21(20)28-23)22(27)19-13-12-17-8-3-4-9-18(17)16-19/h3-6,8-13,16H,7,14-15H2,1-2H3. The van der Waals surface area contributed by atoms with E-state index in [0.717, 1.165) is 39.1 Å². The van der Waals surface area contributed by atoms with Gasteiger partial charge in [0.2, 0.25) is 0 Å². The Balaban J connectivity index is 1.69. The summed E-state index contributed by atoms with van der Waals surface area (Å²) in [6, 6.07) is 22.0. The van der Waals surface area contributed by atoms with Crippen molar-refractivity contribution in [2.45, 2.75) is 6.42 Å². The van der Waals surface area contributed by atoms with E-state index in [2.05, 4.69) is 17.0 Å². The Morgan fingerprint density at radius 2 is 1.68 bits per heavy atom. The summed E-state index contributed by atoms with van der Waals surface area (Å²) in [5.74, 6) is 0.00330. The van der Waals surface area contributed by atoms with E-state index < -0.39 is 0 Å². The minimum absolute atomic E-state index is 0.00330. The van der Waals surface area contributed by atoms with Crippen molar-refractivity contribution in [2.24, 2.45) is 0 Å². The summed E-state index contributed by atoms with van der Waals surface area (Å²) >= 11 is 1.57. The van der Waals surface area contributed by atoms with Gasteiger partial charge in [-0.2, -0.15) is 0 Å². The molecule has 28 heavy (non-hydrogen) atoms.